The Morgan fingerprint density at radius 2 is 1.75 bits per heavy atom. The van der Waals surface area contributed by atoms with Crippen molar-refractivity contribution in [1.29, 1.82) is 0 Å². The van der Waals surface area contributed by atoms with Gasteiger partial charge in [-0.25, -0.2) is 13.1 Å². The van der Waals surface area contributed by atoms with E-state index in [4.69, 9.17) is 0 Å². The Bertz CT molecular complexity index is 774. The van der Waals surface area contributed by atoms with Crippen LogP contribution in [0.2, 0.25) is 0 Å². The van der Waals surface area contributed by atoms with Crippen LogP contribution in [0.15, 0.2) is 23.6 Å². The van der Waals surface area contributed by atoms with Crippen molar-refractivity contribution >= 4 is 37.1 Å². The second kappa shape index (κ2) is 7.85. The molecule has 0 bridgehead atoms. The Hall–Kier alpha value is -1.11. The number of aryl methyl sites for hydroxylation is 1. The molecule has 0 amide bonds. The van der Waals surface area contributed by atoms with Gasteiger partial charge in [-0.15, -0.1) is 11.3 Å². The lowest BCUT2D eigenvalue weighted by molar-refractivity contribution is 0.540. The van der Waals surface area contributed by atoms with Crippen LogP contribution in [0.25, 0.3) is 10.1 Å². The molecular weight excluding hydrogens is 340 g/mol. The second-order valence-electron chi connectivity index (χ2n) is 7.07. The molecule has 2 aromatic rings. The van der Waals surface area contributed by atoms with Gasteiger partial charge in [0.15, 0.2) is 0 Å². The lowest BCUT2D eigenvalue weighted by Gasteiger charge is -2.19. The van der Waals surface area contributed by atoms with Crippen molar-refractivity contribution in [1.82, 2.24) is 4.72 Å². The number of thiophene rings is 1. The maximum absolute atomic E-state index is 11.9. The molecule has 1 aromatic heterocycles. The number of hydrogen-bond acceptors (Lipinski definition) is 4. The van der Waals surface area contributed by atoms with E-state index in [1.54, 1.807) is 32.1 Å². The van der Waals surface area contributed by atoms with Gasteiger partial charge in [-0.2, -0.15) is 0 Å². The maximum atomic E-state index is 11.9. The zero-order valence-electron chi connectivity index (χ0n) is 15.0. The molecule has 24 heavy (non-hydrogen) atoms. The lowest BCUT2D eigenvalue weighted by Crippen LogP contribution is -2.39. The van der Waals surface area contributed by atoms with Crippen molar-refractivity contribution in [2.45, 2.75) is 51.7 Å². The molecule has 0 unspecified atom stereocenters. The topological polar surface area (TPSA) is 58.2 Å². The predicted molar refractivity (Wildman–Crippen MR) is 106 cm³/mol. The number of hydrogen-bond donors (Lipinski definition) is 2. The number of fused-ring (bicyclic) bond motifs is 1. The van der Waals surface area contributed by atoms with E-state index in [-0.39, 0.29) is 0 Å². The molecule has 2 rings (SSSR count). The highest BCUT2D eigenvalue weighted by atomic mass is 32.2. The van der Waals surface area contributed by atoms with E-state index < -0.39 is 14.8 Å². The average Bonchev–Trinajstić information content (AvgIpc) is 2.96. The van der Waals surface area contributed by atoms with Crippen LogP contribution >= 0.6 is 11.3 Å². The zero-order chi connectivity index (χ0) is 17.8. The van der Waals surface area contributed by atoms with E-state index in [2.05, 4.69) is 40.5 Å². The van der Waals surface area contributed by atoms with Crippen molar-refractivity contribution in [2.24, 2.45) is 0 Å². The summed E-state index contributed by atoms with van der Waals surface area (Å²) in [6.07, 6.45) is 2.89. The molecule has 6 heteroatoms. The monoisotopic (exact) mass is 368 g/mol. The van der Waals surface area contributed by atoms with Crippen molar-refractivity contribution in [3.63, 3.8) is 0 Å². The van der Waals surface area contributed by atoms with Gasteiger partial charge in [0.25, 0.3) is 0 Å². The minimum absolute atomic E-state index is 0.514. The van der Waals surface area contributed by atoms with Gasteiger partial charge >= 0.3 is 0 Å². The summed E-state index contributed by atoms with van der Waals surface area (Å²) < 4.78 is 27.1. The van der Waals surface area contributed by atoms with Gasteiger partial charge in [-0.05, 0) is 69.0 Å². The third-order valence-corrected chi connectivity index (χ3v) is 7.38. The number of rotatable bonds is 8. The molecule has 0 saturated carbocycles. The van der Waals surface area contributed by atoms with E-state index in [1.807, 2.05) is 0 Å². The van der Waals surface area contributed by atoms with E-state index in [0.717, 1.165) is 25.8 Å². The zero-order valence-corrected chi connectivity index (χ0v) is 16.6. The fourth-order valence-electron chi connectivity index (χ4n) is 2.44. The van der Waals surface area contributed by atoms with Crippen molar-refractivity contribution < 1.29 is 8.42 Å². The first-order valence-electron chi connectivity index (χ1n) is 8.42. The van der Waals surface area contributed by atoms with Gasteiger partial charge in [-0.1, -0.05) is 12.5 Å². The van der Waals surface area contributed by atoms with Gasteiger partial charge in [0.05, 0.1) is 4.75 Å². The summed E-state index contributed by atoms with van der Waals surface area (Å²) in [5.74, 6) is 0. The van der Waals surface area contributed by atoms with Crippen LogP contribution in [0.5, 0.6) is 0 Å². The predicted octanol–water partition coefficient (Wildman–Crippen LogP) is 4.51. The van der Waals surface area contributed by atoms with Crippen LogP contribution in [-0.2, 0) is 10.0 Å². The SMILES string of the molecule is Cc1c(NCCCCCNS(=O)(=O)C(C)(C)C)ccc2ccsc12. The Morgan fingerprint density at radius 1 is 1.04 bits per heavy atom. The summed E-state index contributed by atoms with van der Waals surface area (Å²) in [6.45, 7) is 8.72. The van der Waals surface area contributed by atoms with Crippen molar-refractivity contribution in [2.75, 3.05) is 18.4 Å². The van der Waals surface area contributed by atoms with Crippen molar-refractivity contribution in [3.8, 4) is 0 Å². The first kappa shape index (κ1) is 19.2. The fraction of sp³-hybridized carbons (Fsp3) is 0.556. The van der Waals surface area contributed by atoms with Crippen LogP contribution in [0.1, 0.15) is 45.6 Å². The Labute approximate surface area is 149 Å². The highest BCUT2D eigenvalue weighted by molar-refractivity contribution is 7.90. The molecule has 4 nitrogen and oxygen atoms in total. The molecule has 0 radical (unpaired) electrons. The number of unbranched alkanes of at least 4 members (excludes halogenated alkanes) is 2. The fourth-order valence-corrected chi connectivity index (χ4v) is 4.20. The van der Waals surface area contributed by atoms with Gasteiger partial charge in [-0.3, -0.25) is 0 Å². The van der Waals surface area contributed by atoms with E-state index in [9.17, 15) is 8.42 Å². The van der Waals surface area contributed by atoms with Crippen LogP contribution < -0.4 is 10.0 Å². The smallest absolute Gasteiger partial charge is 0.216 e. The molecule has 0 fully saturated rings. The molecule has 0 aliphatic carbocycles. The molecule has 0 saturated heterocycles. The highest BCUT2D eigenvalue weighted by Crippen LogP contribution is 2.29. The standard InChI is InChI=1S/C18H28N2O2S2/c1-14-16(9-8-15-10-13-23-17(14)15)19-11-6-5-7-12-20-24(21,22)18(2,3)4/h8-10,13,19-20H,5-7,11-12H2,1-4H3. The highest BCUT2D eigenvalue weighted by Gasteiger charge is 2.27. The Morgan fingerprint density at radius 3 is 2.46 bits per heavy atom. The Kier molecular flexibility index (Phi) is 6.28. The summed E-state index contributed by atoms with van der Waals surface area (Å²) >= 11 is 1.78. The molecule has 0 aliphatic heterocycles. The Balaban J connectivity index is 1.69. The van der Waals surface area contributed by atoms with Crippen LogP contribution in [0.4, 0.5) is 5.69 Å². The molecule has 2 N–H and O–H groups in total. The summed E-state index contributed by atoms with van der Waals surface area (Å²) in [7, 11) is -3.22. The molecule has 0 spiro atoms. The molecule has 1 heterocycles. The summed E-state index contributed by atoms with van der Waals surface area (Å²) in [5, 5.41) is 6.92. The molecule has 134 valence electrons. The van der Waals surface area contributed by atoms with Gasteiger partial charge in [0.2, 0.25) is 10.0 Å². The van der Waals surface area contributed by atoms with Crippen LogP contribution in [0, 0.1) is 6.92 Å². The normalized spacial score (nSPS) is 12.7. The second-order valence-corrected chi connectivity index (χ2v) is 10.5. The van der Waals surface area contributed by atoms with Crippen LogP contribution in [0.3, 0.4) is 0 Å². The van der Waals surface area contributed by atoms with E-state index in [1.165, 1.54) is 21.3 Å². The quantitative estimate of drug-likeness (QED) is 0.674. The summed E-state index contributed by atoms with van der Waals surface area (Å²) in [6, 6.07) is 6.44. The van der Waals surface area contributed by atoms with Crippen LogP contribution in [-0.4, -0.2) is 26.3 Å². The van der Waals surface area contributed by atoms with Crippen molar-refractivity contribution in [3.05, 3.63) is 29.1 Å². The van der Waals surface area contributed by atoms with E-state index in [0.29, 0.717) is 6.54 Å². The molecule has 0 aliphatic rings. The maximum Gasteiger partial charge on any atom is 0.216 e. The minimum atomic E-state index is -3.22. The number of nitrogens with one attached hydrogen (secondary N) is 2. The van der Waals surface area contributed by atoms with Gasteiger partial charge < -0.3 is 5.32 Å². The van der Waals surface area contributed by atoms with Gasteiger partial charge in [0, 0.05) is 23.5 Å². The minimum Gasteiger partial charge on any atom is -0.385 e. The molecular formula is C18H28N2O2S2. The molecule has 0 atom stereocenters. The first-order valence-corrected chi connectivity index (χ1v) is 10.8. The summed E-state index contributed by atoms with van der Waals surface area (Å²) in [5.41, 5.74) is 2.50. The first-order chi connectivity index (χ1) is 11.2. The number of benzene rings is 1. The molecule has 1 aromatic carbocycles. The van der Waals surface area contributed by atoms with E-state index >= 15 is 0 Å². The summed E-state index contributed by atoms with van der Waals surface area (Å²) in [4.78, 5) is 0. The average molecular weight is 369 g/mol. The number of sulfonamides is 1. The third-order valence-electron chi connectivity index (χ3n) is 4.14. The lowest BCUT2D eigenvalue weighted by atomic mass is 10.1. The third kappa shape index (κ3) is 4.71. The number of anilines is 1. The largest absolute Gasteiger partial charge is 0.385 e. The van der Waals surface area contributed by atoms with Gasteiger partial charge in [0.1, 0.15) is 0 Å².